The van der Waals surface area contributed by atoms with Crippen molar-refractivity contribution in [2.24, 2.45) is 0 Å². The van der Waals surface area contributed by atoms with Crippen LogP contribution in [0.4, 0.5) is 34.1 Å². The number of rotatable bonds is 7. The first kappa shape index (κ1) is 45.6. The van der Waals surface area contributed by atoms with Gasteiger partial charge in [0.2, 0.25) is 0 Å². The van der Waals surface area contributed by atoms with Gasteiger partial charge in [-0.2, -0.15) is 0 Å². The molecule has 2 nitrogen and oxygen atoms in total. The molecule has 0 radical (unpaired) electrons. The van der Waals surface area contributed by atoms with Crippen LogP contribution >= 0.6 is 0 Å². The zero-order valence-corrected chi connectivity index (χ0v) is 43.6. The van der Waals surface area contributed by atoms with E-state index in [0.29, 0.717) is 0 Å². The highest BCUT2D eigenvalue weighted by Crippen LogP contribution is 2.66. The molecule has 0 unspecified atom stereocenters. The highest BCUT2D eigenvalue weighted by molar-refractivity contribution is 6.00. The van der Waals surface area contributed by atoms with Crippen molar-refractivity contribution in [1.82, 2.24) is 0 Å². The van der Waals surface area contributed by atoms with Crippen molar-refractivity contribution in [3.8, 4) is 66.8 Å². The van der Waals surface area contributed by atoms with Gasteiger partial charge in [-0.1, -0.05) is 232 Å². The molecule has 1 aliphatic carbocycles. The fraction of sp³-hybridized carbons (Fsp3) is 0.0526. The van der Waals surface area contributed by atoms with E-state index >= 15 is 0 Å². The van der Waals surface area contributed by atoms with Crippen LogP contribution in [0.1, 0.15) is 47.2 Å². The van der Waals surface area contributed by atoms with Gasteiger partial charge in [-0.05, 0) is 173 Å². The molecular formula is C76H54N2. The van der Waals surface area contributed by atoms with Crippen molar-refractivity contribution in [1.29, 1.82) is 0 Å². The molecule has 15 rings (SSSR count). The van der Waals surface area contributed by atoms with Crippen LogP contribution in [0, 0.1) is 0 Å². The Balaban J connectivity index is 1.09. The van der Waals surface area contributed by atoms with E-state index in [0.717, 1.165) is 34.1 Å². The van der Waals surface area contributed by atoms with E-state index < -0.39 is 5.41 Å². The van der Waals surface area contributed by atoms with Crippen molar-refractivity contribution >= 4 is 34.1 Å². The van der Waals surface area contributed by atoms with Crippen LogP contribution in [-0.4, -0.2) is 0 Å². The van der Waals surface area contributed by atoms with Crippen molar-refractivity contribution < 1.29 is 0 Å². The van der Waals surface area contributed by atoms with Gasteiger partial charge in [0.15, 0.2) is 0 Å². The Morgan fingerprint density at radius 1 is 0.218 bits per heavy atom. The molecule has 368 valence electrons. The maximum absolute atomic E-state index is 2.58. The molecule has 12 aromatic rings. The van der Waals surface area contributed by atoms with Crippen molar-refractivity contribution in [3.63, 3.8) is 0 Å². The molecule has 0 atom stereocenters. The van der Waals surface area contributed by atoms with Crippen LogP contribution in [0.3, 0.4) is 0 Å². The van der Waals surface area contributed by atoms with Gasteiger partial charge in [0.25, 0.3) is 0 Å². The summed E-state index contributed by atoms with van der Waals surface area (Å²) in [7, 11) is 0. The van der Waals surface area contributed by atoms with Crippen LogP contribution in [0.2, 0.25) is 0 Å². The SMILES string of the molecule is CC1(C)c2ccccc2-c2ccc(N3c4ccc(-c5ccccc5)cc4C4(c5cc(-c6ccccc6)ccc5N(c5ccc(-c6ccccc6)cc5)c5ccc(-c6ccccc6)cc54)c4cc(-c5ccccc5)ccc43)cc21. The smallest absolute Gasteiger partial charge is 0.0783 e. The summed E-state index contributed by atoms with van der Waals surface area (Å²) in [6.45, 7) is 4.77. The summed E-state index contributed by atoms with van der Waals surface area (Å²) in [6, 6.07) is 109. The summed E-state index contributed by atoms with van der Waals surface area (Å²) in [5.41, 5.74) is 27.7. The molecule has 2 aliphatic heterocycles. The van der Waals surface area contributed by atoms with E-state index in [-0.39, 0.29) is 5.41 Å². The minimum atomic E-state index is -0.871. The van der Waals surface area contributed by atoms with Gasteiger partial charge in [-0.25, -0.2) is 0 Å². The van der Waals surface area contributed by atoms with Crippen LogP contribution < -0.4 is 9.80 Å². The van der Waals surface area contributed by atoms with Gasteiger partial charge < -0.3 is 9.80 Å². The fourth-order valence-corrected chi connectivity index (χ4v) is 13.3. The molecule has 0 N–H and O–H groups in total. The zero-order valence-electron chi connectivity index (χ0n) is 43.6. The van der Waals surface area contributed by atoms with Gasteiger partial charge in [0.05, 0.1) is 28.2 Å². The van der Waals surface area contributed by atoms with Crippen LogP contribution in [0.5, 0.6) is 0 Å². The normalized spacial score (nSPS) is 13.9. The summed E-state index contributed by atoms with van der Waals surface area (Å²) in [5, 5.41) is 0. The monoisotopic (exact) mass is 994 g/mol. The average Bonchev–Trinajstić information content (AvgIpc) is 1.95. The number of nitrogens with zero attached hydrogens (tertiary/aromatic N) is 2. The quantitative estimate of drug-likeness (QED) is 0.157. The lowest BCUT2D eigenvalue weighted by molar-refractivity contribution is 0.660. The van der Waals surface area contributed by atoms with E-state index in [1.165, 1.54) is 100 Å². The second kappa shape index (κ2) is 17.9. The van der Waals surface area contributed by atoms with Crippen LogP contribution in [0.25, 0.3) is 66.8 Å². The largest absolute Gasteiger partial charge is 0.310 e. The third-order valence-corrected chi connectivity index (χ3v) is 17.1. The van der Waals surface area contributed by atoms with Crippen molar-refractivity contribution in [2.75, 3.05) is 9.80 Å². The molecule has 0 saturated carbocycles. The number of fused-ring (bicyclic) bond motifs is 11. The molecule has 12 aromatic carbocycles. The molecule has 3 aliphatic rings. The summed E-state index contributed by atoms with van der Waals surface area (Å²) in [4.78, 5) is 5.11. The number of hydrogen-bond acceptors (Lipinski definition) is 2. The molecule has 0 fully saturated rings. The first-order chi connectivity index (χ1) is 38.4. The molecule has 78 heavy (non-hydrogen) atoms. The molecule has 0 saturated heterocycles. The summed E-state index contributed by atoms with van der Waals surface area (Å²) < 4.78 is 0. The van der Waals surface area contributed by atoms with Crippen molar-refractivity contribution in [3.05, 3.63) is 325 Å². The first-order valence-electron chi connectivity index (χ1n) is 27.2. The standard InChI is InChI=1S/C76H54N2/c1-75(2)65-31-19-18-30-63(65)64-41-40-62(50-66(64)75)78-73-44-36-59(54-26-14-6-15-27-54)48-69(73)76(70-49-60(37-45-74(70)78)55-28-16-7-17-29-55)67-46-57(52-22-10-4-11-23-52)34-42-71(67)77(61-38-32-56(33-39-61)51-20-8-3-9-21-51)72-43-35-58(47-68(72)76)53-24-12-5-13-25-53/h3-50H,1-2H3. The predicted molar refractivity (Wildman–Crippen MR) is 326 cm³/mol. The highest BCUT2D eigenvalue weighted by Gasteiger charge is 2.53. The number of anilines is 6. The summed E-state index contributed by atoms with van der Waals surface area (Å²) in [5.74, 6) is 0. The lowest BCUT2D eigenvalue weighted by Gasteiger charge is -2.52. The Morgan fingerprint density at radius 3 is 0.910 bits per heavy atom. The van der Waals surface area contributed by atoms with E-state index in [9.17, 15) is 0 Å². The summed E-state index contributed by atoms with van der Waals surface area (Å²) in [6.07, 6.45) is 0. The molecule has 1 spiro atoms. The topological polar surface area (TPSA) is 6.48 Å². The lowest BCUT2D eigenvalue weighted by Crippen LogP contribution is -2.42. The zero-order chi connectivity index (χ0) is 52.0. The maximum Gasteiger partial charge on any atom is 0.0783 e. The molecule has 2 heteroatoms. The van der Waals surface area contributed by atoms with E-state index in [2.05, 4.69) is 315 Å². The second-order valence-electron chi connectivity index (χ2n) is 21.6. The minimum absolute atomic E-state index is 0.190. The molecule has 0 aromatic heterocycles. The molecule has 0 bridgehead atoms. The first-order valence-corrected chi connectivity index (χ1v) is 27.2. The van der Waals surface area contributed by atoms with Gasteiger partial charge >= 0.3 is 0 Å². The predicted octanol–water partition coefficient (Wildman–Crippen LogP) is 20.3. The molecular weight excluding hydrogens is 941 g/mol. The van der Waals surface area contributed by atoms with E-state index in [1.54, 1.807) is 0 Å². The number of benzene rings is 12. The average molecular weight is 995 g/mol. The van der Waals surface area contributed by atoms with E-state index in [1.807, 2.05) is 0 Å². The van der Waals surface area contributed by atoms with Crippen LogP contribution in [-0.2, 0) is 10.8 Å². The molecule has 0 amide bonds. The Hall–Kier alpha value is -9.76. The third-order valence-electron chi connectivity index (χ3n) is 17.1. The summed E-state index contributed by atoms with van der Waals surface area (Å²) >= 11 is 0. The minimum Gasteiger partial charge on any atom is -0.310 e. The third kappa shape index (κ3) is 7.03. The van der Waals surface area contributed by atoms with Gasteiger partial charge in [0.1, 0.15) is 0 Å². The molecule has 2 heterocycles. The maximum atomic E-state index is 2.58. The second-order valence-corrected chi connectivity index (χ2v) is 21.6. The highest BCUT2D eigenvalue weighted by atomic mass is 15.2. The van der Waals surface area contributed by atoms with Gasteiger partial charge in [0, 0.05) is 16.8 Å². The Labute approximate surface area is 457 Å². The Bertz CT molecular complexity index is 4070. The Morgan fingerprint density at radius 2 is 0.513 bits per heavy atom. The van der Waals surface area contributed by atoms with Crippen molar-refractivity contribution in [2.45, 2.75) is 24.7 Å². The lowest BCUT2D eigenvalue weighted by atomic mass is 9.59. The van der Waals surface area contributed by atoms with Gasteiger partial charge in [-0.15, -0.1) is 0 Å². The number of hydrogen-bond donors (Lipinski definition) is 0. The van der Waals surface area contributed by atoms with Crippen LogP contribution in [0.15, 0.2) is 291 Å². The Kier molecular flexibility index (Phi) is 10.5. The van der Waals surface area contributed by atoms with E-state index in [4.69, 9.17) is 0 Å². The van der Waals surface area contributed by atoms with Gasteiger partial charge in [-0.3, -0.25) is 0 Å². The fourth-order valence-electron chi connectivity index (χ4n) is 13.3.